The van der Waals surface area contributed by atoms with Crippen molar-refractivity contribution in [3.05, 3.63) is 17.7 Å². The molecule has 2 aliphatic carbocycles. The molecule has 0 saturated heterocycles. The van der Waals surface area contributed by atoms with Crippen LogP contribution in [-0.2, 0) is 11.3 Å². The van der Waals surface area contributed by atoms with Gasteiger partial charge in [0, 0.05) is 31.9 Å². The highest BCUT2D eigenvalue weighted by Crippen LogP contribution is 2.33. The number of hydrogen-bond donors (Lipinski definition) is 2. The zero-order valence-corrected chi connectivity index (χ0v) is 16.4. The number of nitrogens with zero attached hydrogens (tertiary/aromatic N) is 3. The monoisotopic (exact) mass is 416 g/mol. The second kappa shape index (κ2) is 8.73. The molecular weight excluding hydrogens is 389 g/mol. The van der Waals surface area contributed by atoms with Crippen molar-refractivity contribution < 1.29 is 27.9 Å². The third-order valence-corrected chi connectivity index (χ3v) is 5.79. The van der Waals surface area contributed by atoms with Gasteiger partial charge in [-0.15, -0.1) is 0 Å². The van der Waals surface area contributed by atoms with E-state index < -0.39 is 12.1 Å². The number of rotatable bonds is 4. The highest BCUT2D eigenvalue weighted by molar-refractivity contribution is 5.92. The van der Waals surface area contributed by atoms with Gasteiger partial charge in [0.25, 0.3) is 5.91 Å². The zero-order valence-electron chi connectivity index (χ0n) is 16.4. The van der Waals surface area contributed by atoms with Crippen LogP contribution in [0.15, 0.2) is 6.20 Å². The summed E-state index contributed by atoms with van der Waals surface area (Å²) in [6.45, 7) is 5.09. The number of imidazole rings is 1. The van der Waals surface area contributed by atoms with E-state index in [-0.39, 0.29) is 5.91 Å². The van der Waals surface area contributed by atoms with E-state index in [9.17, 15) is 18.0 Å². The molecule has 1 aromatic heterocycles. The summed E-state index contributed by atoms with van der Waals surface area (Å²) in [6, 6.07) is 1.04. The van der Waals surface area contributed by atoms with Crippen LogP contribution in [-0.4, -0.2) is 56.7 Å². The molecule has 1 aliphatic heterocycles. The third-order valence-electron chi connectivity index (χ3n) is 5.79. The maximum absolute atomic E-state index is 12.2. The van der Waals surface area contributed by atoms with Gasteiger partial charge >= 0.3 is 12.1 Å². The molecule has 0 aromatic carbocycles. The molecule has 0 spiro atoms. The van der Waals surface area contributed by atoms with Crippen LogP contribution in [0.2, 0.25) is 0 Å². The minimum atomic E-state index is -5.08. The van der Waals surface area contributed by atoms with Gasteiger partial charge in [-0.1, -0.05) is 12.8 Å². The predicted octanol–water partition coefficient (Wildman–Crippen LogP) is 2.98. The molecule has 0 radical (unpaired) electrons. The van der Waals surface area contributed by atoms with E-state index in [0.717, 1.165) is 25.5 Å². The summed E-state index contributed by atoms with van der Waals surface area (Å²) in [4.78, 5) is 28.4. The molecule has 2 fully saturated rings. The summed E-state index contributed by atoms with van der Waals surface area (Å²) in [7, 11) is 0. The maximum atomic E-state index is 12.2. The summed E-state index contributed by atoms with van der Waals surface area (Å²) in [5, 5.41) is 10.1. The maximum Gasteiger partial charge on any atom is 0.490 e. The van der Waals surface area contributed by atoms with Gasteiger partial charge in [-0.2, -0.15) is 13.2 Å². The zero-order chi connectivity index (χ0) is 21.2. The van der Waals surface area contributed by atoms with E-state index in [1.54, 1.807) is 0 Å². The molecule has 1 unspecified atom stereocenters. The van der Waals surface area contributed by atoms with Gasteiger partial charge in [-0.3, -0.25) is 9.69 Å². The fourth-order valence-corrected chi connectivity index (χ4v) is 4.00. The van der Waals surface area contributed by atoms with Crippen molar-refractivity contribution in [2.45, 2.75) is 70.3 Å². The highest BCUT2D eigenvalue weighted by atomic mass is 19.4. The van der Waals surface area contributed by atoms with E-state index >= 15 is 0 Å². The first-order valence-electron chi connectivity index (χ1n) is 10.1. The van der Waals surface area contributed by atoms with Crippen molar-refractivity contribution in [1.29, 1.82) is 0 Å². The molecule has 7 nitrogen and oxygen atoms in total. The number of carbonyl (C=O) groups excluding carboxylic acids is 1. The SMILES string of the molecule is CC1c2nc(C(=O)NCC3CC3)cn2CCN1C1CCCC1.O=C(O)C(F)(F)F. The van der Waals surface area contributed by atoms with Crippen LogP contribution in [0.1, 0.15) is 67.8 Å². The van der Waals surface area contributed by atoms with E-state index in [4.69, 9.17) is 9.90 Å². The number of alkyl halides is 3. The summed E-state index contributed by atoms with van der Waals surface area (Å²) >= 11 is 0. The third kappa shape index (κ3) is 5.49. The van der Waals surface area contributed by atoms with Crippen molar-refractivity contribution in [2.75, 3.05) is 13.1 Å². The van der Waals surface area contributed by atoms with Crippen molar-refractivity contribution in [2.24, 2.45) is 5.92 Å². The molecule has 2 N–H and O–H groups in total. The molecule has 2 saturated carbocycles. The number of amides is 1. The molecular formula is C19H27F3N4O3. The lowest BCUT2D eigenvalue weighted by Gasteiger charge is -2.38. The van der Waals surface area contributed by atoms with Gasteiger partial charge < -0.3 is 15.0 Å². The summed E-state index contributed by atoms with van der Waals surface area (Å²) < 4.78 is 33.9. The number of aromatic nitrogens is 2. The number of carboxylic acid groups (broad SMARTS) is 1. The Kier molecular flexibility index (Phi) is 6.50. The molecule has 1 atom stereocenters. The van der Waals surface area contributed by atoms with Crippen LogP contribution in [0.4, 0.5) is 13.2 Å². The van der Waals surface area contributed by atoms with Crippen molar-refractivity contribution >= 4 is 11.9 Å². The number of halogens is 3. The van der Waals surface area contributed by atoms with Crippen molar-refractivity contribution in [3.63, 3.8) is 0 Å². The Balaban J connectivity index is 0.000000298. The van der Waals surface area contributed by atoms with Crippen LogP contribution in [0, 0.1) is 5.92 Å². The first-order valence-corrected chi connectivity index (χ1v) is 10.1. The Morgan fingerprint density at radius 2 is 1.83 bits per heavy atom. The summed E-state index contributed by atoms with van der Waals surface area (Å²) in [5.41, 5.74) is 0.593. The molecule has 1 amide bonds. The molecule has 29 heavy (non-hydrogen) atoms. The Morgan fingerprint density at radius 1 is 1.21 bits per heavy atom. The van der Waals surface area contributed by atoms with Crippen LogP contribution >= 0.6 is 0 Å². The highest BCUT2D eigenvalue weighted by Gasteiger charge is 2.38. The average Bonchev–Trinajstić information content (AvgIpc) is 3.14. The van der Waals surface area contributed by atoms with Gasteiger partial charge in [-0.05, 0) is 38.5 Å². The van der Waals surface area contributed by atoms with Crippen molar-refractivity contribution in [1.82, 2.24) is 19.8 Å². The lowest BCUT2D eigenvalue weighted by Crippen LogP contribution is -2.42. The fourth-order valence-electron chi connectivity index (χ4n) is 4.00. The number of hydrogen-bond acceptors (Lipinski definition) is 4. The van der Waals surface area contributed by atoms with Gasteiger partial charge in [0.1, 0.15) is 11.5 Å². The lowest BCUT2D eigenvalue weighted by atomic mass is 10.1. The van der Waals surface area contributed by atoms with Crippen LogP contribution < -0.4 is 5.32 Å². The second-order valence-corrected chi connectivity index (χ2v) is 7.99. The van der Waals surface area contributed by atoms with E-state index in [2.05, 4.69) is 26.7 Å². The second-order valence-electron chi connectivity index (χ2n) is 7.99. The Labute approximate surface area is 167 Å². The van der Waals surface area contributed by atoms with Gasteiger partial charge in [0.2, 0.25) is 0 Å². The molecule has 0 bridgehead atoms. The standard InChI is InChI=1S/C17H26N4O.C2HF3O2/c1-12-16-19-15(17(22)18-10-13-6-7-13)11-20(16)8-9-21(12)14-4-2-3-5-14;3-2(4,5)1(6)7/h11-14H,2-10H2,1H3,(H,18,22);(H,6,7). The smallest absolute Gasteiger partial charge is 0.475 e. The van der Waals surface area contributed by atoms with Gasteiger partial charge in [-0.25, -0.2) is 9.78 Å². The quantitative estimate of drug-likeness (QED) is 0.788. The number of nitrogens with one attached hydrogen (secondary N) is 1. The minimum Gasteiger partial charge on any atom is -0.475 e. The molecule has 4 rings (SSSR count). The minimum absolute atomic E-state index is 0.00610. The van der Waals surface area contributed by atoms with Crippen molar-refractivity contribution in [3.8, 4) is 0 Å². The predicted molar refractivity (Wildman–Crippen MR) is 98.4 cm³/mol. The summed E-state index contributed by atoms with van der Waals surface area (Å²) in [6.07, 6.45) is 4.73. The first-order chi connectivity index (χ1) is 13.7. The topological polar surface area (TPSA) is 87.5 Å². The molecule has 2 heterocycles. The Hall–Kier alpha value is -2.10. The molecule has 10 heteroatoms. The van der Waals surface area contributed by atoms with Crippen LogP contribution in [0.5, 0.6) is 0 Å². The van der Waals surface area contributed by atoms with Crippen LogP contribution in [0.25, 0.3) is 0 Å². The number of aliphatic carboxylic acids is 1. The fraction of sp³-hybridized carbons (Fsp3) is 0.737. The summed E-state index contributed by atoms with van der Waals surface area (Å²) in [5.74, 6) is -0.992. The molecule has 1 aromatic rings. The first kappa shape index (κ1) is 21.6. The Morgan fingerprint density at radius 3 is 2.38 bits per heavy atom. The number of fused-ring (bicyclic) bond motifs is 1. The molecule has 3 aliphatic rings. The van der Waals surface area contributed by atoms with Gasteiger partial charge in [0.05, 0.1) is 6.04 Å². The van der Waals surface area contributed by atoms with E-state index in [1.165, 1.54) is 38.5 Å². The van der Waals surface area contributed by atoms with Gasteiger partial charge in [0.15, 0.2) is 0 Å². The van der Waals surface area contributed by atoms with Crippen LogP contribution in [0.3, 0.4) is 0 Å². The van der Waals surface area contributed by atoms with E-state index in [1.807, 2.05) is 6.20 Å². The largest absolute Gasteiger partial charge is 0.490 e. The van der Waals surface area contributed by atoms with E-state index in [0.29, 0.717) is 23.7 Å². The number of carboxylic acids is 1. The normalized spacial score (nSPS) is 22.6. The molecule has 162 valence electrons. The average molecular weight is 416 g/mol. The lowest BCUT2D eigenvalue weighted by molar-refractivity contribution is -0.192. The Bertz CT molecular complexity index is 740. The number of carbonyl (C=O) groups is 2.